The zero-order chi connectivity index (χ0) is 25.0. The van der Waals surface area contributed by atoms with Crippen molar-refractivity contribution < 1.29 is 18.1 Å². The van der Waals surface area contributed by atoms with Crippen LogP contribution in [0.4, 0.5) is 5.69 Å². The van der Waals surface area contributed by atoms with E-state index in [9.17, 15) is 23.3 Å². The van der Waals surface area contributed by atoms with E-state index < -0.39 is 20.5 Å². The Balaban J connectivity index is 1.75. The van der Waals surface area contributed by atoms with Crippen molar-refractivity contribution in [2.24, 2.45) is 0 Å². The van der Waals surface area contributed by atoms with Gasteiger partial charge in [-0.15, -0.1) is 0 Å². The van der Waals surface area contributed by atoms with E-state index >= 15 is 0 Å². The van der Waals surface area contributed by atoms with Crippen LogP contribution in [-0.4, -0.2) is 34.2 Å². The van der Waals surface area contributed by atoms with Crippen molar-refractivity contribution in [1.82, 2.24) is 14.3 Å². The average Bonchev–Trinajstić information content (AvgIpc) is 2.85. The number of fused-ring (bicyclic) bond motifs is 1. The van der Waals surface area contributed by atoms with Crippen LogP contribution in [-0.2, 0) is 23.1 Å². The number of hydrogen-bond donors (Lipinski definition) is 1. The molecule has 0 aliphatic carbocycles. The van der Waals surface area contributed by atoms with Crippen LogP contribution in [0, 0.1) is 10.1 Å². The summed E-state index contributed by atoms with van der Waals surface area (Å²) < 4.78 is 33.8. The van der Waals surface area contributed by atoms with E-state index in [4.69, 9.17) is 4.74 Å². The Morgan fingerprint density at radius 2 is 1.86 bits per heavy atom. The fourth-order valence-electron chi connectivity index (χ4n) is 3.60. The summed E-state index contributed by atoms with van der Waals surface area (Å²) in [4.78, 5) is 29.9. The molecule has 10 nitrogen and oxygen atoms in total. The lowest BCUT2D eigenvalue weighted by molar-refractivity contribution is -0.384. The molecule has 0 atom stereocenters. The second-order valence-electron chi connectivity index (χ2n) is 7.69. The highest BCUT2D eigenvalue weighted by molar-refractivity contribution is 7.89. The summed E-state index contributed by atoms with van der Waals surface area (Å²) in [5.41, 5.74) is 0.809. The van der Waals surface area contributed by atoms with Gasteiger partial charge < -0.3 is 9.72 Å². The predicted octanol–water partition coefficient (Wildman–Crippen LogP) is 3.62. The molecule has 0 amide bonds. The Bertz CT molecular complexity index is 1520. The molecule has 1 N–H and O–H groups in total. The maximum atomic E-state index is 13.5. The van der Waals surface area contributed by atoms with Gasteiger partial charge in [-0.1, -0.05) is 6.07 Å². The van der Waals surface area contributed by atoms with Gasteiger partial charge in [-0.2, -0.15) is 4.31 Å². The van der Waals surface area contributed by atoms with E-state index in [1.165, 1.54) is 18.3 Å². The van der Waals surface area contributed by atoms with Crippen LogP contribution in [0.5, 0.6) is 5.75 Å². The summed E-state index contributed by atoms with van der Waals surface area (Å²) in [5.74, 6) is 0.628. The molecule has 0 saturated heterocycles. The lowest BCUT2D eigenvalue weighted by Crippen LogP contribution is -2.32. The third-order valence-electron chi connectivity index (χ3n) is 5.32. The van der Waals surface area contributed by atoms with Gasteiger partial charge in [0.2, 0.25) is 10.0 Å². The van der Waals surface area contributed by atoms with E-state index in [0.29, 0.717) is 28.8 Å². The molecule has 180 valence electrons. The summed E-state index contributed by atoms with van der Waals surface area (Å²) >= 11 is 0. The third-order valence-corrected chi connectivity index (χ3v) is 7.12. The largest absolute Gasteiger partial charge is 0.494 e. The van der Waals surface area contributed by atoms with E-state index in [2.05, 4.69) is 9.97 Å². The number of H-pyrrole nitrogens is 1. The number of non-ortho nitro benzene ring substituents is 1. The van der Waals surface area contributed by atoms with Crippen molar-refractivity contribution in [2.45, 2.75) is 24.9 Å². The molecular weight excluding hydrogens is 472 g/mol. The van der Waals surface area contributed by atoms with Crippen LogP contribution in [0.15, 0.2) is 82.7 Å². The third kappa shape index (κ3) is 5.36. The Labute approximate surface area is 201 Å². The first-order valence-corrected chi connectivity index (χ1v) is 12.1. The molecule has 0 fully saturated rings. The first-order chi connectivity index (χ1) is 16.8. The lowest BCUT2D eigenvalue weighted by atomic mass is 10.1. The number of nitrogens with zero attached hydrogens (tertiary/aromatic N) is 3. The molecule has 0 saturated carbocycles. The minimum Gasteiger partial charge on any atom is -0.494 e. The average molecular weight is 495 g/mol. The molecule has 0 bridgehead atoms. The van der Waals surface area contributed by atoms with E-state index in [0.717, 1.165) is 16.4 Å². The molecule has 0 spiro atoms. The van der Waals surface area contributed by atoms with Crippen molar-refractivity contribution >= 4 is 26.6 Å². The number of aromatic amines is 1. The Kier molecular flexibility index (Phi) is 6.90. The number of pyridine rings is 2. The quantitative estimate of drug-likeness (QED) is 0.277. The molecule has 0 aliphatic heterocycles. The van der Waals surface area contributed by atoms with Gasteiger partial charge in [-0.3, -0.25) is 19.9 Å². The predicted molar refractivity (Wildman–Crippen MR) is 130 cm³/mol. The van der Waals surface area contributed by atoms with Gasteiger partial charge in [-0.05, 0) is 55.0 Å². The van der Waals surface area contributed by atoms with Gasteiger partial charge in [0.25, 0.3) is 11.2 Å². The maximum absolute atomic E-state index is 13.5. The van der Waals surface area contributed by atoms with Crippen molar-refractivity contribution in [3.8, 4) is 5.75 Å². The van der Waals surface area contributed by atoms with Gasteiger partial charge in [-0.25, -0.2) is 8.42 Å². The molecule has 35 heavy (non-hydrogen) atoms. The highest BCUT2D eigenvalue weighted by Crippen LogP contribution is 2.24. The zero-order valence-corrected chi connectivity index (χ0v) is 19.6. The SMILES string of the molecule is CCOc1ccc2[nH]c(=O)c(CN(Cc3cccnc3)S(=O)(=O)c3ccc([N+](=O)[O-])cc3)cc2c1. The number of aromatic nitrogens is 2. The molecule has 4 aromatic rings. The number of nitro groups is 1. The second-order valence-corrected chi connectivity index (χ2v) is 9.63. The number of rotatable bonds is 9. The summed E-state index contributed by atoms with van der Waals surface area (Å²) in [6.07, 6.45) is 3.11. The number of nitro benzene ring substituents is 1. The number of nitrogens with one attached hydrogen (secondary N) is 1. The summed E-state index contributed by atoms with van der Waals surface area (Å²) in [5, 5.41) is 11.7. The van der Waals surface area contributed by atoms with Gasteiger partial charge >= 0.3 is 0 Å². The molecule has 2 heterocycles. The highest BCUT2D eigenvalue weighted by atomic mass is 32.2. The molecule has 0 aliphatic rings. The van der Waals surface area contributed by atoms with Gasteiger partial charge in [0, 0.05) is 54.1 Å². The standard InChI is InChI=1S/C24H22N4O6S/c1-2-34-21-7-10-23-18(13-21)12-19(24(29)26-23)16-27(15-17-4-3-11-25-14-17)35(32,33)22-8-5-20(6-9-22)28(30)31/h3-14H,2,15-16H2,1H3,(H,26,29). The van der Waals surface area contributed by atoms with E-state index in [1.54, 1.807) is 42.6 Å². The van der Waals surface area contributed by atoms with Crippen LogP contribution in [0.25, 0.3) is 10.9 Å². The number of ether oxygens (including phenoxy) is 1. The zero-order valence-electron chi connectivity index (χ0n) is 18.7. The summed E-state index contributed by atoms with van der Waals surface area (Å²) in [6.45, 7) is 2.07. The first kappa shape index (κ1) is 24.0. The summed E-state index contributed by atoms with van der Waals surface area (Å²) in [6, 6.07) is 14.9. The fraction of sp³-hybridized carbons (Fsp3) is 0.167. The second kappa shape index (κ2) is 10.0. The lowest BCUT2D eigenvalue weighted by Gasteiger charge is -2.22. The minimum atomic E-state index is -4.12. The monoisotopic (exact) mass is 494 g/mol. The van der Waals surface area contributed by atoms with Crippen LogP contribution in [0.1, 0.15) is 18.1 Å². The summed E-state index contributed by atoms with van der Waals surface area (Å²) in [7, 11) is -4.12. The van der Waals surface area contributed by atoms with Crippen LogP contribution in [0.2, 0.25) is 0 Å². The van der Waals surface area contributed by atoms with Gasteiger partial charge in [0.05, 0.1) is 16.4 Å². The van der Waals surface area contributed by atoms with Crippen molar-refractivity contribution in [1.29, 1.82) is 0 Å². The van der Waals surface area contributed by atoms with Crippen molar-refractivity contribution in [3.63, 3.8) is 0 Å². The van der Waals surface area contributed by atoms with Crippen LogP contribution < -0.4 is 10.3 Å². The molecule has 2 aromatic carbocycles. The number of hydrogen-bond acceptors (Lipinski definition) is 7. The number of benzene rings is 2. The molecule has 0 radical (unpaired) electrons. The molecule has 4 rings (SSSR count). The Hall–Kier alpha value is -4.09. The maximum Gasteiger partial charge on any atom is 0.269 e. The van der Waals surface area contributed by atoms with E-state index in [1.807, 2.05) is 6.92 Å². The van der Waals surface area contributed by atoms with Crippen LogP contribution >= 0.6 is 0 Å². The van der Waals surface area contributed by atoms with Gasteiger partial charge in [0.15, 0.2) is 0 Å². The molecule has 0 unspecified atom stereocenters. The normalized spacial score (nSPS) is 11.6. The Morgan fingerprint density at radius 1 is 1.09 bits per heavy atom. The van der Waals surface area contributed by atoms with Crippen LogP contribution in [0.3, 0.4) is 0 Å². The Morgan fingerprint density at radius 3 is 2.51 bits per heavy atom. The molecule has 2 aromatic heterocycles. The van der Waals surface area contributed by atoms with Gasteiger partial charge in [0.1, 0.15) is 5.75 Å². The number of sulfonamides is 1. The van der Waals surface area contributed by atoms with E-state index in [-0.39, 0.29) is 29.2 Å². The van der Waals surface area contributed by atoms with Crippen molar-refractivity contribution in [2.75, 3.05) is 6.61 Å². The molecule has 11 heteroatoms. The first-order valence-electron chi connectivity index (χ1n) is 10.7. The smallest absolute Gasteiger partial charge is 0.269 e. The fourth-order valence-corrected chi connectivity index (χ4v) is 5.01. The molecular formula is C24H22N4O6S. The topological polar surface area (TPSA) is 136 Å². The minimum absolute atomic E-state index is 0.0520. The highest BCUT2D eigenvalue weighted by Gasteiger charge is 2.27. The van der Waals surface area contributed by atoms with Crippen molar-refractivity contribution in [3.05, 3.63) is 105 Å².